The summed E-state index contributed by atoms with van der Waals surface area (Å²) in [5.74, 6) is 2.66. The Bertz CT molecular complexity index is 1500. The van der Waals surface area contributed by atoms with E-state index in [0.29, 0.717) is 0 Å². The molecule has 1 aromatic heterocycles. The van der Waals surface area contributed by atoms with Crippen molar-refractivity contribution in [2.45, 2.75) is 77.5 Å². The molecule has 5 rings (SSSR count). The summed E-state index contributed by atoms with van der Waals surface area (Å²) in [6, 6.07) is 38.6. The molecule has 0 fully saturated rings. The number of aromatic nitrogens is 1. The van der Waals surface area contributed by atoms with Gasteiger partial charge in [0.15, 0.2) is 6.20 Å². The molecule has 0 saturated carbocycles. The van der Waals surface area contributed by atoms with E-state index < -0.39 is 6.15 Å². The molecular weight excluding hydrogens is 589 g/mol. The fraction of sp³-hybridized carbons (Fsp3) is 0.372. The van der Waals surface area contributed by atoms with Gasteiger partial charge in [-0.2, -0.15) is 22.7 Å². The number of fused-ring (bicyclic) bond motifs is 1. The van der Waals surface area contributed by atoms with Gasteiger partial charge in [-0.05, 0) is 48.5 Å². The van der Waals surface area contributed by atoms with E-state index in [4.69, 9.17) is 14.2 Å². The molecule has 0 atom stereocenters. The number of hydrogen-bond acceptors (Lipinski definition) is 3. The highest BCUT2D eigenvalue weighted by Gasteiger charge is 2.29. The van der Waals surface area contributed by atoms with Crippen LogP contribution in [0.4, 0.5) is 0 Å². The molecule has 4 nitrogen and oxygen atoms in total. The quantitative estimate of drug-likeness (QED) is 0.0576. The Morgan fingerprint density at radius 2 is 0.875 bits per heavy atom. The smallest absolute Gasteiger partial charge is 0.212 e. The molecule has 0 bridgehead atoms. The molecule has 4 aromatic carbocycles. The zero-order valence-corrected chi connectivity index (χ0v) is 30.0. The number of unbranched alkanes of at least 4 members (excludes halogenated alkanes) is 9. The Balaban J connectivity index is 0.000000395. The standard InChI is InChI=1S/C33H46BO3.C10H10N/c1-5-6-7-8-9-10-11-12-13-14-27-34(28-15-21-31(35-2)22-16-28,29-17-23-32(36-3)24-18-29)30-19-25-33(37-4)26-20-30;1-11-8-4-6-9-5-2-3-7-10(9)11/h15-26H,5-14,27H2,1-4H3;2-8H,1H3/q-1;+1. The summed E-state index contributed by atoms with van der Waals surface area (Å²) < 4.78 is 18.6. The summed E-state index contributed by atoms with van der Waals surface area (Å²) in [6.45, 7) is 2.28. The molecule has 0 radical (unpaired) electrons. The monoisotopic (exact) mass is 645 g/mol. The average Bonchev–Trinajstić information content (AvgIpc) is 3.15. The molecule has 5 heteroatoms. The zero-order valence-electron chi connectivity index (χ0n) is 30.0. The maximum Gasteiger partial charge on any atom is 0.212 e. The minimum atomic E-state index is -1.18. The van der Waals surface area contributed by atoms with Gasteiger partial charge >= 0.3 is 0 Å². The van der Waals surface area contributed by atoms with Crippen LogP contribution in [0.1, 0.15) is 71.1 Å². The number of para-hydroxylation sites is 1. The molecule has 0 aliphatic heterocycles. The van der Waals surface area contributed by atoms with E-state index in [9.17, 15) is 0 Å². The third-order valence-electron chi connectivity index (χ3n) is 9.95. The van der Waals surface area contributed by atoms with Crippen molar-refractivity contribution in [1.29, 1.82) is 0 Å². The van der Waals surface area contributed by atoms with E-state index in [1.54, 1.807) is 21.3 Å². The summed E-state index contributed by atoms with van der Waals surface area (Å²) in [4.78, 5) is 0. The van der Waals surface area contributed by atoms with Crippen molar-refractivity contribution in [3.63, 3.8) is 0 Å². The number of nitrogens with zero attached hydrogens (tertiary/aromatic N) is 1. The second-order valence-electron chi connectivity index (χ2n) is 13.0. The van der Waals surface area contributed by atoms with Gasteiger partial charge in [0.1, 0.15) is 24.3 Å². The van der Waals surface area contributed by atoms with E-state index in [0.717, 1.165) is 23.6 Å². The van der Waals surface area contributed by atoms with Crippen LogP contribution in [-0.2, 0) is 7.05 Å². The lowest BCUT2D eigenvalue weighted by molar-refractivity contribution is -0.644. The van der Waals surface area contributed by atoms with Crippen LogP contribution in [0.15, 0.2) is 115 Å². The van der Waals surface area contributed by atoms with Gasteiger partial charge in [-0.3, -0.25) is 0 Å². The van der Waals surface area contributed by atoms with Crippen molar-refractivity contribution in [2.75, 3.05) is 21.3 Å². The Morgan fingerprint density at radius 1 is 0.479 bits per heavy atom. The number of ether oxygens (including phenoxy) is 3. The Labute approximate surface area is 290 Å². The molecule has 1 heterocycles. The van der Waals surface area contributed by atoms with Crippen molar-refractivity contribution in [3.8, 4) is 17.2 Å². The molecule has 5 aromatic rings. The second-order valence-corrected chi connectivity index (χ2v) is 13.0. The summed E-state index contributed by atoms with van der Waals surface area (Å²) in [6.07, 6.45) is 15.3. The van der Waals surface area contributed by atoms with Crippen LogP contribution >= 0.6 is 0 Å². The highest BCUT2D eigenvalue weighted by Crippen LogP contribution is 2.22. The van der Waals surface area contributed by atoms with Gasteiger partial charge in [0.25, 0.3) is 0 Å². The van der Waals surface area contributed by atoms with Crippen LogP contribution in [0.25, 0.3) is 10.9 Å². The van der Waals surface area contributed by atoms with E-state index >= 15 is 0 Å². The number of rotatable bonds is 17. The number of hydrogen-bond donors (Lipinski definition) is 0. The fourth-order valence-electron chi connectivity index (χ4n) is 7.12. The molecular formula is C43H56BNO3. The van der Waals surface area contributed by atoms with Crippen molar-refractivity contribution in [3.05, 3.63) is 115 Å². The van der Waals surface area contributed by atoms with Crippen LogP contribution in [0.5, 0.6) is 17.2 Å². The number of methoxy groups -OCH3 is 3. The third kappa shape index (κ3) is 9.89. The lowest BCUT2D eigenvalue weighted by Crippen LogP contribution is -2.66. The Kier molecular flexibility index (Phi) is 14.9. The molecule has 0 aliphatic carbocycles. The van der Waals surface area contributed by atoms with Crippen LogP contribution in [0.2, 0.25) is 6.32 Å². The highest BCUT2D eigenvalue weighted by molar-refractivity contribution is 7.11. The summed E-state index contributed by atoms with van der Waals surface area (Å²) in [7, 11) is 7.24. The first kappa shape index (κ1) is 36.6. The number of aryl methyl sites for hydroxylation is 1. The van der Waals surface area contributed by atoms with Gasteiger partial charge in [0, 0.05) is 17.5 Å². The van der Waals surface area contributed by atoms with Crippen LogP contribution in [0.3, 0.4) is 0 Å². The van der Waals surface area contributed by atoms with Gasteiger partial charge in [0.05, 0.1) is 27.5 Å². The fourth-order valence-corrected chi connectivity index (χ4v) is 7.12. The third-order valence-corrected chi connectivity index (χ3v) is 9.95. The first-order chi connectivity index (χ1) is 23.5. The van der Waals surface area contributed by atoms with Gasteiger partial charge in [-0.25, -0.2) is 4.57 Å². The van der Waals surface area contributed by atoms with Gasteiger partial charge in [-0.1, -0.05) is 120 Å². The van der Waals surface area contributed by atoms with Gasteiger partial charge in [0.2, 0.25) is 5.52 Å². The van der Waals surface area contributed by atoms with Crippen molar-refractivity contribution < 1.29 is 18.8 Å². The summed E-state index contributed by atoms with van der Waals surface area (Å²) in [5.41, 5.74) is 5.29. The number of benzene rings is 4. The molecule has 0 spiro atoms. The lowest BCUT2D eigenvalue weighted by Gasteiger charge is -2.43. The average molecular weight is 646 g/mol. The van der Waals surface area contributed by atoms with Crippen molar-refractivity contribution in [1.82, 2.24) is 0 Å². The Morgan fingerprint density at radius 3 is 1.29 bits per heavy atom. The van der Waals surface area contributed by atoms with Gasteiger partial charge in [-0.15, -0.1) is 0 Å². The van der Waals surface area contributed by atoms with E-state index in [2.05, 4.69) is 134 Å². The molecule has 254 valence electrons. The Hall–Kier alpha value is -4.25. The normalized spacial score (nSPS) is 11.1. The maximum atomic E-state index is 5.49. The highest BCUT2D eigenvalue weighted by atomic mass is 16.5. The number of pyridine rings is 1. The molecule has 0 N–H and O–H groups in total. The predicted octanol–water partition coefficient (Wildman–Crippen LogP) is 8.77. The molecule has 0 unspecified atom stereocenters. The minimum absolute atomic E-state index is 0.886. The van der Waals surface area contributed by atoms with Crippen molar-refractivity contribution >= 4 is 33.4 Å². The molecule has 0 amide bonds. The second kappa shape index (κ2) is 19.5. The van der Waals surface area contributed by atoms with Crippen LogP contribution in [-0.4, -0.2) is 27.5 Å². The largest absolute Gasteiger partial charge is 0.497 e. The lowest BCUT2D eigenvalue weighted by atomic mass is 9.14. The summed E-state index contributed by atoms with van der Waals surface area (Å²) >= 11 is 0. The first-order valence-corrected chi connectivity index (χ1v) is 18.0. The van der Waals surface area contributed by atoms with E-state index in [1.807, 2.05) is 0 Å². The topological polar surface area (TPSA) is 31.6 Å². The minimum Gasteiger partial charge on any atom is -0.497 e. The van der Waals surface area contributed by atoms with E-state index in [1.165, 1.54) is 91.5 Å². The summed E-state index contributed by atoms with van der Waals surface area (Å²) in [5, 5.41) is 1.29. The van der Waals surface area contributed by atoms with E-state index in [-0.39, 0.29) is 0 Å². The van der Waals surface area contributed by atoms with Gasteiger partial charge < -0.3 is 14.2 Å². The van der Waals surface area contributed by atoms with Crippen LogP contribution in [0, 0.1) is 0 Å². The maximum absolute atomic E-state index is 5.49. The zero-order chi connectivity index (χ0) is 34.0. The van der Waals surface area contributed by atoms with Crippen molar-refractivity contribution in [2.24, 2.45) is 7.05 Å². The molecule has 0 saturated heterocycles. The first-order valence-electron chi connectivity index (χ1n) is 18.0. The predicted molar refractivity (Wildman–Crippen MR) is 205 cm³/mol. The van der Waals surface area contributed by atoms with Crippen LogP contribution < -0.4 is 35.2 Å². The SMILES string of the molecule is CCCCCCCCCCCC[B-](c1ccc(OC)cc1)(c1ccc(OC)cc1)c1ccc(OC)cc1.C[n+]1cccc2ccccc21. The molecule has 48 heavy (non-hydrogen) atoms. The molecule has 0 aliphatic rings.